The highest BCUT2D eigenvalue weighted by Gasteiger charge is 2.49. The molecule has 2 saturated heterocycles. The molecule has 2 aliphatic heterocycles. The van der Waals surface area contributed by atoms with Gasteiger partial charge in [0.1, 0.15) is 5.75 Å². The summed E-state index contributed by atoms with van der Waals surface area (Å²) in [5.74, 6) is 1.46. The number of aromatic amines is 1. The maximum absolute atomic E-state index is 12.9. The lowest BCUT2D eigenvalue weighted by Gasteiger charge is -2.53. The van der Waals surface area contributed by atoms with Gasteiger partial charge in [-0.2, -0.15) is 5.26 Å². The van der Waals surface area contributed by atoms with Crippen molar-refractivity contribution in [3.8, 4) is 11.8 Å². The van der Waals surface area contributed by atoms with Gasteiger partial charge in [0.15, 0.2) is 0 Å². The van der Waals surface area contributed by atoms with Crippen molar-refractivity contribution >= 4 is 16.8 Å². The van der Waals surface area contributed by atoms with Gasteiger partial charge in [0.2, 0.25) is 0 Å². The van der Waals surface area contributed by atoms with Crippen LogP contribution in [0.4, 0.5) is 0 Å². The van der Waals surface area contributed by atoms with Crippen molar-refractivity contribution in [2.75, 3.05) is 26.9 Å². The smallest absolute Gasteiger partial charge is 0.251 e. The molecule has 3 heterocycles. The Morgan fingerprint density at radius 2 is 2.03 bits per heavy atom. The van der Waals surface area contributed by atoms with Crippen molar-refractivity contribution in [1.82, 2.24) is 15.2 Å². The monoisotopic (exact) mass is 526 g/mol. The zero-order valence-electron chi connectivity index (χ0n) is 23.1. The van der Waals surface area contributed by atoms with Crippen molar-refractivity contribution in [3.05, 3.63) is 64.8 Å². The van der Waals surface area contributed by atoms with Crippen LogP contribution in [-0.2, 0) is 11.3 Å². The molecule has 7 heteroatoms. The number of aryl methyl sites for hydroxylation is 1. The number of carbonyl (C=O) groups is 1. The van der Waals surface area contributed by atoms with Crippen LogP contribution >= 0.6 is 0 Å². The van der Waals surface area contributed by atoms with Crippen LogP contribution in [0.15, 0.2) is 42.6 Å². The third kappa shape index (κ3) is 4.81. The van der Waals surface area contributed by atoms with E-state index in [1.54, 1.807) is 7.11 Å². The number of piperidine rings is 1. The summed E-state index contributed by atoms with van der Waals surface area (Å²) in [6.07, 6.45) is 6.12. The Morgan fingerprint density at radius 1 is 1.26 bits per heavy atom. The van der Waals surface area contributed by atoms with E-state index in [2.05, 4.69) is 52.5 Å². The number of rotatable bonds is 7. The summed E-state index contributed by atoms with van der Waals surface area (Å²) in [7, 11) is 1.75. The first-order chi connectivity index (χ1) is 18.9. The fourth-order valence-corrected chi connectivity index (χ4v) is 6.93. The maximum atomic E-state index is 12.9. The second-order valence-electron chi connectivity index (χ2n) is 12.0. The lowest BCUT2D eigenvalue weighted by Crippen LogP contribution is -2.48. The Balaban J connectivity index is 1.27. The van der Waals surface area contributed by atoms with Crippen LogP contribution in [0.25, 0.3) is 10.9 Å². The summed E-state index contributed by atoms with van der Waals surface area (Å²) < 4.78 is 11.1. The normalized spacial score (nSPS) is 26.0. The van der Waals surface area contributed by atoms with Crippen LogP contribution in [0.2, 0.25) is 0 Å². The molecule has 1 unspecified atom stereocenters. The number of benzene rings is 2. The van der Waals surface area contributed by atoms with Crippen molar-refractivity contribution < 1.29 is 14.3 Å². The molecular formula is C32H38N4O3. The molecule has 2 aromatic carbocycles. The zero-order chi connectivity index (χ0) is 27.1. The van der Waals surface area contributed by atoms with Crippen LogP contribution in [0, 0.1) is 35.5 Å². The highest BCUT2D eigenvalue weighted by molar-refractivity contribution is 5.94. The van der Waals surface area contributed by atoms with Gasteiger partial charge in [0.05, 0.1) is 26.4 Å². The number of amides is 1. The molecule has 2 N–H and O–H groups in total. The number of hydrogen-bond acceptors (Lipinski definition) is 5. The van der Waals surface area contributed by atoms with Gasteiger partial charge in [-0.1, -0.05) is 12.1 Å². The second kappa shape index (κ2) is 10.3. The number of methoxy groups -OCH3 is 1. The first-order valence-corrected chi connectivity index (χ1v) is 14.2. The molecule has 7 nitrogen and oxygen atoms in total. The third-order valence-electron chi connectivity index (χ3n) is 9.52. The van der Waals surface area contributed by atoms with Gasteiger partial charge < -0.3 is 19.8 Å². The van der Waals surface area contributed by atoms with Gasteiger partial charge in [0.25, 0.3) is 5.91 Å². The van der Waals surface area contributed by atoms with E-state index >= 15 is 0 Å². The number of H-pyrrole nitrogens is 1. The summed E-state index contributed by atoms with van der Waals surface area (Å²) in [6.45, 7) is 7.34. The summed E-state index contributed by atoms with van der Waals surface area (Å²) in [5.41, 5.74) is 5.68. The molecule has 1 amide bonds. The van der Waals surface area contributed by atoms with Crippen LogP contribution in [0.3, 0.4) is 0 Å². The van der Waals surface area contributed by atoms with Crippen molar-refractivity contribution in [3.63, 3.8) is 0 Å². The largest absolute Gasteiger partial charge is 0.496 e. The number of nitriles is 1. The van der Waals surface area contributed by atoms with E-state index in [0.717, 1.165) is 50.0 Å². The number of nitrogens with zero attached hydrogens (tertiary/aromatic N) is 2. The second-order valence-corrected chi connectivity index (χ2v) is 12.0. The zero-order valence-corrected chi connectivity index (χ0v) is 23.1. The van der Waals surface area contributed by atoms with Crippen molar-refractivity contribution in [2.24, 2.45) is 17.3 Å². The molecule has 0 bridgehead atoms. The predicted octanol–water partition coefficient (Wildman–Crippen LogP) is 5.51. The molecule has 1 aliphatic carbocycles. The molecule has 3 fully saturated rings. The van der Waals surface area contributed by atoms with E-state index in [9.17, 15) is 10.1 Å². The molecule has 6 rings (SSSR count). The van der Waals surface area contributed by atoms with Gasteiger partial charge in [0, 0.05) is 58.7 Å². The average Bonchev–Trinajstić information content (AvgIpc) is 3.39. The topological polar surface area (TPSA) is 90.4 Å². The third-order valence-corrected chi connectivity index (χ3v) is 9.52. The number of aromatic nitrogens is 1. The van der Waals surface area contributed by atoms with Gasteiger partial charge >= 0.3 is 0 Å². The van der Waals surface area contributed by atoms with Crippen molar-refractivity contribution in [2.45, 2.75) is 58.2 Å². The van der Waals surface area contributed by atoms with Crippen LogP contribution < -0.4 is 10.1 Å². The van der Waals surface area contributed by atoms with E-state index in [4.69, 9.17) is 9.47 Å². The Bertz CT molecular complexity index is 1400. The number of nitrogens with one attached hydrogen (secondary N) is 2. The number of likely N-dealkylation sites (tertiary alicyclic amines) is 1. The predicted molar refractivity (Wildman–Crippen MR) is 150 cm³/mol. The Labute approximate surface area is 230 Å². The SMILES string of the molecule is COc1cc(C)c2[nH]ccc2c1CN1CCC2(CC(C#N)C2)CC1c1ccc(C(=O)N[C@@H](C)C2COC2)cc1. The minimum absolute atomic E-state index is 0.0342. The average molecular weight is 527 g/mol. The summed E-state index contributed by atoms with van der Waals surface area (Å²) in [4.78, 5) is 18.9. The van der Waals surface area contributed by atoms with Crippen molar-refractivity contribution in [1.29, 1.82) is 5.26 Å². The van der Waals surface area contributed by atoms with Gasteiger partial charge in [-0.05, 0) is 86.9 Å². The van der Waals surface area contributed by atoms with E-state index in [1.165, 1.54) is 22.1 Å². The minimum atomic E-state index is -0.0342. The van der Waals surface area contributed by atoms with E-state index in [0.29, 0.717) is 24.7 Å². The summed E-state index contributed by atoms with van der Waals surface area (Å²) in [5, 5.41) is 13.8. The van der Waals surface area contributed by atoms with Crippen LogP contribution in [0.5, 0.6) is 5.75 Å². The van der Waals surface area contributed by atoms with E-state index in [-0.39, 0.29) is 29.3 Å². The van der Waals surface area contributed by atoms with E-state index in [1.807, 2.05) is 25.3 Å². The molecule has 1 saturated carbocycles. The molecule has 1 spiro atoms. The standard InChI is InChI=1S/C32H38N4O3/c1-20-12-29(38-3)27(26-8-10-34-30(20)26)17-36-11-9-32(13-22(14-32)16-33)15-28(36)23-4-6-24(7-5-23)31(37)35-21(2)25-18-39-19-25/h4-8,10,12,21-22,25,28,34H,9,11,13-15,17-19H2,1-3H3,(H,35,37)/t21-,22?,28?,32?/m0/s1. The minimum Gasteiger partial charge on any atom is -0.496 e. The molecule has 3 aromatic rings. The Hall–Kier alpha value is -3.34. The van der Waals surface area contributed by atoms with Gasteiger partial charge in [-0.25, -0.2) is 0 Å². The number of hydrogen-bond donors (Lipinski definition) is 2. The first-order valence-electron chi connectivity index (χ1n) is 14.2. The lowest BCUT2D eigenvalue weighted by molar-refractivity contribution is -0.0453. The number of fused-ring (bicyclic) bond motifs is 1. The molecule has 2 atom stereocenters. The summed E-state index contributed by atoms with van der Waals surface area (Å²) >= 11 is 0. The Morgan fingerprint density at radius 3 is 2.69 bits per heavy atom. The molecule has 0 radical (unpaired) electrons. The molecule has 3 aliphatic rings. The van der Waals surface area contributed by atoms with Gasteiger partial charge in [-0.15, -0.1) is 0 Å². The summed E-state index contributed by atoms with van der Waals surface area (Å²) in [6, 6.07) is 15.2. The maximum Gasteiger partial charge on any atom is 0.251 e. The molecule has 39 heavy (non-hydrogen) atoms. The number of carbonyl (C=O) groups excluding carboxylic acids is 1. The van der Waals surface area contributed by atoms with E-state index < -0.39 is 0 Å². The molecule has 204 valence electrons. The quantitative estimate of drug-likeness (QED) is 0.424. The van der Waals surface area contributed by atoms with Crippen LogP contribution in [0.1, 0.15) is 65.7 Å². The highest BCUT2D eigenvalue weighted by atomic mass is 16.5. The Kier molecular flexibility index (Phi) is 6.86. The number of ether oxygens (including phenoxy) is 2. The molecular weight excluding hydrogens is 488 g/mol. The first kappa shape index (κ1) is 25.9. The van der Waals surface area contributed by atoms with Crippen LogP contribution in [-0.4, -0.2) is 48.7 Å². The highest BCUT2D eigenvalue weighted by Crippen LogP contribution is 2.56. The molecule has 1 aromatic heterocycles. The van der Waals surface area contributed by atoms with Gasteiger partial charge in [-0.3, -0.25) is 9.69 Å². The fraction of sp³-hybridized carbons (Fsp3) is 0.500. The fourth-order valence-electron chi connectivity index (χ4n) is 6.93. The lowest BCUT2D eigenvalue weighted by atomic mass is 9.56.